The molecule has 5 nitrogen and oxygen atoms in total. The molecule has 23 heavy (non-hydrogen) atoms. The third-order valence-electron chi connectivity index (χ3n) is 2.87. The van der Waals surface area contributed by atoms with Gasteiger partial charge in [0.05, 0.1) is 10.6 Å². The molecule has 0 aliphatic carbocycles. The van der Waals surface area contributed by atoms with Crippen LogP contribution in [-0.4, -0.2) is 25.2 Å². The number of benzene rings is 1. The Hall–Kier alpha value is -2.49. The molecule has 0 unspecified atom stereocenters. The summed E-state index contributed by atoms with van der Waals surface area (Å²) in [6.07, 6.45) is 0. The number of pyridine rings is 1. The molecule has 1 aromatic carbocycles. The average Bonchev–Trinajstić information content (AvgIpc) is 2.98. The van der Waals surface area contributed by atoms with Gasteiger partial charge in [0.25, 0.3) is 11.9 Å². The van der Waals surface area contributed by atoms with Crippen LogP contribution in [-0.2, 0) is 0 Å². The fraction of sp³-hybridized carbons (Fsp3) is 0.0769. The molecule has 3 rings (SSSR count). The number of hydrogen-bond donors (Lipinski definition) is 0. The van der Waals surface area contributed by atoms with E-state index in [9.17, 15) is 17.6 Å². The molecule has 0 saturated carbocycles. The highest BCUT2D eigenvalue weighted by atomic mass is 32.2. The van der Waals surface area contributed by atoms with Crippen molar-refractivity contribution >= 4 is 11.8 Å². The van der Waals surface area contributed by atoms with Gasteiger partial charge in [0.2, 0.25) is 5.16 Å². The Bertz CT molecular complexity index is 839. The molecule has 0 amide bonds. The number of aryl methyl sites for hydroxylation is 1. The minimum absolute atomic E-state index is 0.0587. The Morgan fingerprint density at radius 3 is 2.17 bits per heavy atom. The van der Waals surface area contributed by atoms with E-state index < -0.39 is 28.4 Å². The topological polar surface area (TPSA) is 56.5 Å². The van der Waals surface area contributed by atoms with Gasteiger partial charge in [-0.05, 0) is 41.2 Å². The zero-order valence-corrected chi connectivity index (χ0v) is 12.3. The summed E-state index contributed by atoms with van der Waals surface area (Å²) in [7, 11) is 0. The molecule has 118 valence electrons. The van der Waals surface area contributed by atoms with Crippen LogP contribution in [0.2, 0.25) is 0 Å². The molecule has 2 heterocycles. The lowest BCUT2D eigenvalue weighted by Crippen LogP contribution is -2.04. The molecule has 0 aliphatic heterocycles. The molecule has 3 aromatic rings. The summed E-state index contributed by atoms with van der Waals surface area (Å²) in [5.74, 6) is -6.68. The quantitative estimate of drug-likeness (QED) is 0.541. The van der Waals surface area contributed by atoms with Crippen LogP contribution < -0.4 is 0 Å². The Balaban J connectivity index is 2.03. The third kappa shape index (κ3) is 2.89. The van der Waals surface area contributed by atoms with Crippen LogP contribution in [0.4, 0.5) is 17.6 Å². The summed E-state index contributed by atoms with van der Waals surface area (Å²) < 4.78 is 54.9. The third-order valence-corrected chi connectivity index (χ3v) is 3.87. The number of halogens is 4. The fourth-order valence-electron chi connectivity index (χ4n) is 1.74. The minimum atomic E-state index is -1.74. The Labute approximate surface area is 131 Å². The molecule has 0 bridgehead atoms. The maximum absolute atomic E-state index is 13.7. The smallest absolute Gasteiger partial charge is 0.201 e. The van der Waals surface area contributed by atoms with E-state index in [2.05, 4.69) is 20.5 Å². The highest BCUT2D eigenvalue weighted by Crippen LogP contribution is 2.32. The number of aromatic nitrogens is 5. The van der Waals surface area contributed by atoms with Crippen LogP contribution in [0.25, 0.3) is 5.69 Å². The molecule has 0 aliphatic rings. The van der Waals surface area contributed by atoms with Crippen molar-refractivity contribution in [3.63, 3.8) is 0 Å². The van der Waals surface area contributed by atoms with Gasteiger partial charge >= 0.3 is 0 Å². The summed E-state index contributed by atoms with van der Waals surface area (Å²) in [6, 6.07) is 6.96. The SMILES string of the molecule is Cc1ccc(-n2nnnc2Sc2c(F)c(F)nc(F)c2F)cc1. The zero-order chi connectivity index (χ0) is 16.6. The molecule has 0 spiro atoms. The Morgan fingerprint density at radius 2 is 1.57 bits per heavy atom. The Morgan fingerprint density at radius 1 is 0.957 bits per heavy atom. The average molecular weight is 341 g/mol. The van der Waals surface area contributed by atoms with Gasteiger partial charge < -0.3 is 0 Å². The molecule has 2 aromatic heterocycles. The van der Waals surface area contributed by atoms with Crippen LogP contribution in [0.15, 0.2) is 34.3 Å². The molecule has 0 N–H and O–H groups in total. The van der Waals surface area contributed by atoms with Crippen molar-refractivity contribution in [1.82, 2.24) is 25.2 Å². The van der Waals surface area contributed by atoms with Crippen molar-refractivity contribution in [3.05, 3.63) is 53.4 Å². The van der Waals surface area contributed by atoms with Gasteiger partial charge in [-0.2, -0.15) is 18.4 Å². The summed E-state index contributed by atoms with van der Waals surface area (Å²) in [6.45, 7) is 1.88. The van der Waals surface area contributed by atoms with Crippen LogP contribution in [0, 0.1) is 30.5 Å². The summed E-state index contributed by atoms with van der Waals surface area (Å²) >= 11 is 0.358. The van der Waals surface area contributed by atoms with Gasteiger partial charge in [-0.1, -0.05) is 17.7 Å². The van der Waals surface area contributed by atoms with E-state index in [1.165, 1.54) is 4.68 Å². The van der Waals surface area contributed by atoms with E-state index in [0.29, 0.717) is 17.4 Å². The summed E-state index contributed by atoms with van der Waals surface area (Å²) in [5.41, 5.74) is 1.52. The standard InChI is InChI=1S/C13H7F4N5S/c1-6-2-4-7(5-3-6)22-13(19-20-21-22)23-10-8(14)11(16)18-12(17)9(10)15/h2-5H,1H3. The van der Waals surface area contributed by atoms with Gasteiger partial charge in [-0.3, -0.25) is 0 Å². The second-order valence-electron chi connectivity index (χ2n) is 4.46. The summed E-state index contributed by atoms with van der Waals surface area (Å²) in [4.78, 5) is 1.59. The molecular formula is C13H7F4N5S. The lowest BCUT2D eigenvalue weighted by atomic mass is 10.2. The van der Waals surface area contributed by atoms with Gasteiger partial charge in [-0.15, -0.1) is 5.10 Å². The second-order valence-corrected chi connectivity index (χ2v) is 5.44. The first-order valence-electron chi connectivity index (χ1n) is 6.20. The van der Waals surface area contributed by atoms with Crippen molar-refractivity contribution < 1.29 is 17.6 Å². The number of hydrogen-bond acceptors (Lipinski definition) is 5. The van der Waals surface area contributed by atoms with E-state index in [1.807, 2.05) is 6.92 Å². The minimum Gasteiger partial charge on any atom is -0.201 e. The highest BCUT2D eigenvalue weighted by molar-refractivity contribution is 7.99. The first-order chi connectivity index (χ1) is 11.0. The summed E-state index contributed by atoms with van der Waals surface area (Å²) in [5, 5.41) is 10.7. The number of nitrogens with zero attached hydrogens (tertiary/aromatic N) is 5. The molecule has 0 fully saturated rings. The molecular weight excluding hydrogens is 334 g/mol. The van der Waals surface area contributed by atoms with Crippen molar-refractivity contribution in [3.8, 4) is 5.69 Å². The van der Waals surface area contributed by atoms with Crippen molar-refractivity contribution in [2.24, 2.45) is 0 Å². The fourth-order valence-corrected chi connectivity index (χ4v) is 2.58. The lowest BCUT2D eigenvalue weighted by Gasteiger charge is -2.06. The molecule has 0 radical (unpaired) electrons. The van der Waals surface area contributed by atoms with E-state index in [0.717, 1.165) is 5.56 Å². The van der Waals surface area contributed by atoms with E-state index in [4.69, 9.17) is 0 Å². The van der Waals surface area contributed by atoms with Crippen LogP contribution in [0.3, 0.4) is 0 Å². The first kappa shape index (κ1) is 15.4. The van der Waals surface area contributed by atoms with Gasteiger partial charge in [-0.25, -0.2) is 8.78 Å². The van der Waals surface area contributed by atoms with Gasteiger partial charge in [0.1, 0.15) is 0 Å². The van der Waals surface area contributed by atoms with Gasteiger partial charge in [0, 0.05) is 0 Å². The van der Waals surface area contributed by atoms with Crippen LogP contribution in [0.1, 0.15) is 5.56 Å². The van der Waals surface area contributed by atoms with Crippen molar-refractivity contribution in [2.45, 2.75) is 17.0 Å². The number of rotatable bonds is 3. The normalized spacial score (nSPS) is 11.0. The lowest BCUT2D eigenvalue weighted by molar-refractivity contribution is 0.383. The molecule has 0 saturated heterocycles. The maximum Gasteiger partial charge on any atom is 0.252 e. The maximum atomic E-state index is 13.7. The predicted octanol–water partition coefficient (Wildman–Crippen LogP) is 3.07. The van der Waals surface area contributed by atoms with Crippen molar-refractivity contribution in [2.75, 3.05) is 0 Å². The molecule has 0 atom stereocenters. The van der Waals surface area contributed by atoms with E-state index >= 15 is 0 Å². The highest BCUT2D eigenvalue weighted by Gasteiger charge is 2.24. The van der Waals surface area contributed by atoms with E-state index in [-0.39, 0.29) is 5.16 Å². The van der Waals surface area contributed by atoms with Crippen LogP contribution in [0.5, 0.6) is 0 Å². The largest absolute Gasteiger partial charge is 0.252 e. The van der Waals surface area contributed by atoms with Crippen LogP contribution >= 0.6 is 11.8 Å². The number of tetrazole rings is 1. The second kappa shape index (κ2) is 5.95. The monoisotopic (exact) mass is 341 g/mol. The zero-order valence-electron chi connectivity index (χ0n) is 11.5. The van der Waals surface area contributed by atoms with E-state index in [1.54, 1.807) is 24.3 Å². The van der Waals surface area contributed by atoms with Crippen molar-refractivity contribution in [1.29, 1.82) is 0 Å². The Kier molecular flexibility index (Phi) is 3.99. The first-order valence-corrected chi connectivity index (χ1v) is 7.02. The predicted molar refractivity (Wildman–Crippen MR) is 72.1 cm³/mol. The van der Waals surface area contributed by atoms with Gasteiger partial charge in [0.15, 0.2) is 11.6 Å². The molecule has 10 heteroatoms.